The molecule has 0 aromatic heterocycles. The Balaban J connectivity index is 1.84. The summed E-state index contributed by atoms with van der Waals surface area (Å²) in [4.78, 5) is 10.3. The van der Waals surface area contributed by atoms with E-state index in [0.717, 1.165) is 25.7 Å². The average molecular weight is 200 g/mol. The number of hydrogen-bond donors (Lipinski definition) is 2. The highest BCUT2D eigenvalue weighted by Gasteiger charge is 2.54. The third kappa shape index (κ3) is 1.77. The van der Waals surface area contributed by atoms with Crippen LogP contribution >= 0.6 is 0 Å². The monoisotopic (exact) mass is 200 g/mol. The Bertz CT molecular complexity index is 241. The van der Waals surface area contributed by atoms with Crippen LogP contribution in [0.2, 0.25) is 0 Å². The van der Waals surface area contributed by atoms with E-state index >= 15 is 0 Å². The van der Waals surface area contributed by atoms with Crippen LogP contribution in [-0.2, 0) is 9.53 Å². The van der Waals surface area contributed by atoms with E-state index < -0.39 is 11.6 Å². The predicted octanol–water partition coefficient (Wildman–Crippen LogP) is 0.925. The molecule has 0 aliphatic heterocycles. The van der Waals surface area contributed by atoms with Crippen molar-refractivity contribution in [1.82, 2.24) is 0 Å². The van der Waals surface area contributed by atoms with Crippen molar-refractivity contribution in [3.8, 4) is 0 Å². The molecule has 4 heteroatoms. The van der Waals surface area contributed by atoms with Gasteiger partial charge >= 0.3 is 5.97 Å². The van der Waals surface area contributed by atoms with E-state index in [4.69, 9.17) is 9.84 Å². The zero-order chi connectivity index (χ0) is 10.2. The maximum Gasteiger partial charge on any atom is 0.305 e. The van der Waals surface area contributed by atoms with Gasteiger partial charge in [0.2, 0.25) is 0 Å². The van der Waals surface area contributed by atoms with Crippen molar-refractivity contribution in [2.45, 2.75) is 49.7 Å². The molecule has 2 aliphatic carbocycles. The number of ether oxygens (including phenoxy) is 1. The number of fused-ring (bicyclic) bond motifs is 2. The second-order valence-corrected chi connectivity index (χ2v) is 4.58. The van der Waals surface area contributed by atoms with Gasteiger partial charge in [0.15, 0.2) is 0 Å². The van der Waals surface area contributed by atoms with Gasteiger partial charge in [-0.05, 0) is 25.7 Å². The van der Waals surface area contributed by atoms with E-state index in [-0.39, 0.29) is 18.6 Å². The summed E-state index contributed by atoms with van der Waals surface area (Å²) < 4.78 is 5.62. The minimum atomic E-state index is -0.826. The highest BCUT2D eigenvalue weighted by molar-refractivity contribution is 5.66. The molecule has 2 fully saturated rings. The van der Waals surface area contributed by atoms with Crippen LogP contribution in [-0.4, -0.2) is 34.0 Å². The first-order valence-electron chi connectivity index (χ1n) is 5.12. The number of carboxylic acids is 1. The topological polar surface area (TPSA) is 66.8 Å². The largest absolute Gasteiger partial charge is 0.481 e. The van der Waals surface area contributed by atoms with Crippen LogP contribution in [0.4, 0.5) is 0 Å². The summed E-state index contributed by atoms with van der Waals surface area (Å²) in [7, 11) is 0. The van der Waals surface area contributed by atoms with E-state index in [1.54, 1.807) is 0 Å². The zero-order valence-corrected chi connectivity index (χ0v) is 8.16. The maximum absolute atomic E-state index is 10.3. The van der Waals surface area contributed by atoms with Crippen LogP contribution in [0.25, 0.3) is 0 Å². The molecule has 0 spiro atoms. The van der Waals surface area contributed by atoms with E-state index in [9.17, 15) is 9.90 Å². The van der Waals surface area contributed by atoms with Crippen LogP contribution in [0, 0.1) is 0 Å². The molecule has 80 valence electrons. The number of carboxylic acid groups (broad SMARTS) is 1. The summed E-state index contributed by atoms with van der Waals surface area (Å²) >= 11 is 0. The average Bonchev–Trinajstić information content (AvgIpc) is 2.57. The molecule has 14 heavy (non-hydrogen) atoms. The van der Waals surface area contributed by atoms with Crippen molar-refractivity contribution in [3.05, 3.63) is 0 Å². The van der Waals surface area contributed by atoms with Gasteiger partial charge in [-0.2, -0.15) is 0 Å². The van der Waals surface area contributed by atoms with E-state index in [1.807, 2.05) is 0 Å². The van der Waals surface area contributed by atoms with Crippen LogP contribution < -0.4 is 0 Å². The van der Waals surface area contributed by atoms with Crippen molar-refractivity contribution >= 4 is 5.97 Å². The molecule has 2 bridgehead atoms. The Morgan fingerprint density at radius 2 is 1.93 bits per heavy atom. The number of aliphatic hydroxyl groups is 1. The molecule has 0 unspecified atom stereocenters. The second-order valence-electron chi connectivity index (χ2n) is 4.58. The van der Waals surface area contributed by atoms with Crippen LogP contribution in [0.3, 0.4) is 0 Å². The molecule has 0 heterocycles. The molecule has 0 radical (unpaired) electrons. The van der Waals surface area contributed by atoms with Crippen LogP contribution in [0.5, 0.6) is 0 Å². The first-order chi connectivity index (χ1) is 6.54. The number of hydrogen-bond acceptors (Lipinski definition) is 3. The minimum absolute atomic E-state index is 0.0557. The van der Waals surface area contributed by atoms with Crippen molar-refractivity contribution in [2.24, 2.45) is 0 Å². The van der Waals surface area contributed by atoms with Gasteiger partial charge in [0.25, 0.3) is 0 Å². The Hall–Kier alpha value is -0.610. The number of aliphatic carboxylic acids is 1. The lowest BCUT2D eigenvalue weighted by Gasteiger charge is -2.26. The molecule has 0 aromatic carbocycles. The maximum atomic E-state index is 10.3. The standard InChI is InChI=1S/C10H16O4/c11-8(12)1-6-14-10-4-2-9(13,7-10)3-5-10/h13H,1-7H2,(H,11,12). The summed E-state index contributed by atoms with van der Waals surface area (Å²) in [5.41, 5.74) is -0.715. The van der Waals surface area contributed by atoms with Crippen molar-refractivity contribution in [3.63, 3.8) is 0 Å². The first kappa shape index (κ1) is 9.93. The molecule has 2 saturated carbocycles. The predicted molar refractivity (Wildman–Crippen MR) is 49.0 cm³/mol. The third-order valence-electron chi connectivity index (χ3n) is 3.47. The normalized spacial score (nSPS) is 40.4. The van der Waals surface area contributed by atoms with Gasteiger partial charge in [-0.15, -0.1) is 0 Å². The molecule has 2 aliphatic rings. The fraction of sp³-hybridized carbons (Fsp3) is 0.900. The lowest BCUT2D eigenvalue weighted by atomic mass is 9.95. The summed E-state index contributed by atoms with van der Waals surface area (Å²) in [6.45, 7) is 0.269. The van der Waals surface area contributed by atoms with Crippen molar-refractivity contribution in [1.29, 1.82) is 0 Å². The van der Waals surface area contributed by atoms with Gasteiger partial charge in [-0.3, -0.25) is 4.79 Å². The van der Waals surface area contributed by atoms with Gasteiger partial charge in [0.05, 0.1) is 24.2 Å². The Kier molecular flexibility index (Phi) is 2.27. The lowest BCUT2D eigenvalue weighted by molar-refractivity contribution is -0.140. The molecule has 2 N–H and O–H groups in total. The number of carbonyl (C=O) groups is 1. The lowest BCUT2D eigenvalue weighted by Crippen LogP contribution is -2.27. The molecule has 0 amide bonds. The Labute approximate surface area is 82.9 Å². The molecule has 0 aromatic rings. The Morgan fingerprint density at radius 1 is 1.29 bits per heavy atom. The fourth-order valence-electron chi connectivity index (χ4n) is 2.67. The molecule has 0 atom stereocenters. The fourth-order valence-corrected chi connectivity index (χ4v) is 2.67. The summed E-state index contributed by atoms with van der Waals surface area (Å²) in [6.07, 6.45) is 4.12. The quantitative estimate of drug-likeness (QED) is 0.708. The van der Waals surface area contributed by atoms with Crippen molar-refractivity contribution < 1.29 is 19.7 Å². The molecular weight excluding hydrogens is 184 g/mol. The summed E-state index contributed by atoms with van der Waals surface area (Å²) in [5.74, 6) is -0.826. The first-order valence-corrected chi connectivity index (χ1v) is 5.12. The van der Waals surface area contributed by atoms with Crippen molar-refractivity contribution in [2.75, 3.05) is 6.61 Å². The summed E-state index contributed by atoms with van der Waals surface area (Å²) in [5, 5.41) is 18.4. The van der Waals surface area contributed by atoms with Crippen LogP contribution in [0.1, 0.15) is 38.5 Å². The van der Waals surface area contributed by atoms with Gasteiger partial charge < -0.3 is 14.9 Å². The number of rotatable bonds is 4. The molecule has 4 nitrogen and oxygen atoms in total. The molecular formula is C10H16O4. The Morgan fingerprint density at radius 3 is 2.36 bits per heavy atom. The third-order valence-corrected chi connectivity index (χ3v) is 3.47. The van der Waals surface area contributed by atoms with Gasteiger partial charge in [0.1, 0.15) is 0 Å². The second kappa shape index (κ2) is 3.21. The van der Waals surface area contributed by atoms with Crippen LogP contribution in [0.15, 0.2) is 0 Å². The summed E-state index contributed by atoms with van der Waals surface area (Å²) in [6, 6.07) is 0. The van der Waals surface area contributed by atoms with Gasteiger partial charge in [-0.1, -0.05) is 0 Å². The smallest absolute Gasteiger partial charge is 0.305 e. The highest BCUT2D eigenvalue weighted by Crippen LogP contribution is 2.52. The SMILES string of the molecule is O=C(O)CCOC12CCC(O)(CC1)C2. The molecule has 2 rings (SSSR count). The highest BCUT2D eigenvalue weighted by atomic mass is 16.5. The van der Waals surface area contributed by atoms with E-state index in [1.165, 1.54) is 0 Å². The van der Waals surface area contributed by atoms with Gasteiger partial charge in [-0.25, -0.2) is 0 Å². The van der Waals surface area contributed by atoms with E-state index in [0.29, 0.717) is 6.42 Å². The minimum Gasteiger partial charge on any atom is -0.481 e. The zero-order valence-electron chi connectivity index (χ0n) is 8.16. The van der Waals surface area contributed by atoms with E-state index in [2.05, 4.69) is 0 Å². The van der Waals surface area contributed by atoms with Gasteiger partial charge in [0, 0.05) is 6.42 Å². The molecule has 0 saturated heterocycles.